The van der Waals surface area contributed by atoms with Crippen molar-refractivity contribution in [2.45, 2.75) is 18.9 Å². The lowest BCUT2D eigenvalue weighted by molar-refractivity contribution is -0.682. The average Bonchev–Trinajstić information content (AvgIpc) is 3.10. The van der Waals surface area contributed by atoms with Gasteiger partial charge in [-0.05, 0) is 35.9 Å². The number of carboxylic acids is 1. The molecule has 1 unspecified atom stereocenters. The first kappa shape index (κ1) is 18.7. The monoisotopic (exact) mass is 366 g/mol. The Hall–Kier alpha value is -3.12. The van der Waals surface area contributed by atoms with Gasteiger partial charge < -0.3 is 24.9 Å². The summed E-state index contributed by atoms with van der Waals surface area (Å²) >= 11 is 0. The van der Waals surface area contributed by atoms with Crippen molar-refractivity contribution in [1.29, 1.82) is 0 Å². The number of ether oxygens (including phenoxy) is 1. The number of nitrogens with one attached hydrogen (secondary N) is 1. The van der Waals surface area contributed by atoms with Gasteiger partial charge in [-0.1, -0.05) is 18.2 Å². The molecule has 140 valence electrons. The fraction of sp³-hybridized carbons (Fsp3) is 0.238. The van der Waals surface area contributed by atoms with Crippen LogP contribution < -0.4 is 15.2 Å². The van der Waals surface area contributed by atoms with Crippen LogP contribution in [0, 0.1) is 0 Å². The third-order valence-corrected chi connectivity index (χ3v) is 4.65. The number of nitrogens with two attached hydrogens (primary N) is 1. The van der Waals surface area contributed by atoms with Gasteiger partial charge in [-0.2, -0.15) is 0 Å². The number of rotatable bonds is 9. The summed E-state index contributed by atoms with van der Waals surface area (Å²) in [6.07, 6.45) is 2.42. The minimum absolute atomic E-state index is 0.0295. The van der Waals surface area contributed by atoms with Crippen LogP contribution in [0.4, 0.5) is 0 Å². The quantitative estimate of drug-likeness (QED) is 0.544. The largest absolute Gasteiger partial charge is 0.544 e. The van der Waals surface area contributed by atoms with Crippen molar-refractivity contribution in [2.75, 3.05) is 13.7 Å². The molecule has 0 amide bonds. The Morgan fingerprint density at radius 3 is 2.59 bits per heavy atom. The Morgan fingerprint density at radius 2 is 1.89 bits per heavy atom. The van der Waals surface area contributed by atoms with Crippen molar-refractivity contribution in [1.82, 2.24) is 4.98 Å². The number of fused-ring (bicyclic) bond motifs is 1. The number of Topliss-reactive ketones (excluding diaryl/α,β-unsaturated/α-hetero) is 1. The minimum atomic E-state index is -1.13. The van der Waals surface area contributed by atoms with E-state index >= 15 is 0 Å². The first-order valence-electron chi connectivity index (χ1n) is 8.85. The fourth-order valence-electron chi connectivity index (χ4n) is 3.14. The molecule has 0 radical (unpaired) electrons. The van der Waals surface area contributed by atoms with Crippen molar-refractivity contribution in [3.8, 4) is 5.75 Å². The van der Waals surface area contributed by atoms with Gasteiger partial charge in [0.2, 0.25) is 0 Å². The molecule has 3 N–H and O–H groups in total. The summed E-state index contributed by atoms with van der Waals surface area (Å²) in [5.41, 5.74) is 2.49. The standard InChI is InChI=1S/C21H22N2O4/c1-27-16-8-6-14(7-9-16)20(24)10-11-22-19(21(25)26)12-15-13-23-18-5-3-2-4-17(15)18/h2-9,13,19,22-23H,10-12H2,1H3,(H,25,26). The van der Waals surface area contributed by atoms with Gasteiger partial charge in [0.15, 0.2) is 5.78 Å². The molecule has 3 aromatic rings. The number of quaternary nitrogens is 1. The maximum atomic E-state index is 12.3. The summed E-state index contributed by atoms with van der Waals surface area (Å²) in [7, 11) is 1.57. The molecule has 0 aliphatic rings. The van der Waals surface area contributed by atoms with Crippen molar-refractivity contribution in [2.24, 2.45) is 0 Å². The highest BCUT2D eigenvalue weighted by atomic mass is 16.5. The number of carbonyl (C=O) groups is 2. The number of hydrogen-bond acceptors (Lipinski definition) is 4. The van der Waals surface area contributed by atoms with E-state index < -0.39 is 12.0 Å². The number of methoxy groups -OCH3 is 1. The smallest absolute Gasteiger partial charge is 0.168 e. The van der Waals surface area contributed by atoms with Crippen molar-refractivity contribution in [3.05, 3.63) is 65.9 Å². The van der Waals surface area contributed by atoms with E-state index in [1.807, 2.05) is 30.5 Å². The molecule has 1 atom stereocenters. The number of ketones is 1. The topological polar surface area (TPSA) is 98.8 Å². The zero-order chi connectivity index (χ0) is 19.2. The van der Waals surface area contributed by atoms with E-state index in [1.54, 1.807) is 36.7 Å². The predicted molar refractivity (Wildman–Crippen MR) is 99.5 cm³/mol. The van der Waals surface area contributed by atoms with Crippen LogP contribution in [0.1, 0.15) is 22.3 Å². The molecule has 1 aromatic heterocycles. The molecule has 6 nitrogen and oxygen atoms in total. The van der Waals surface area contributed by atoms with Gasteiger partial charge in [0.25, 0.3) is 0 Å². The van der Waals surface area contributed by atoms with Crippen LogP contribution in [0.25, 0.3) is 10.9 Å². The van der Waals surface area contributed by atoms with Crippen LogP contribution in [0.3, 0.4) is 0 Å². The van der Waals surface area contributed by atoms with Crippen LogP contribution in [-0.4, -0.2) is 36.4 Å². The predicted octanol–water partition coefficient (Wildman–Crippen LogP) is 0.674. The van der Waals surface area contributed by atoms with E-state index in [9.17, 15) is 14.7 Å². The van der Waals surface area contributed by atoms with Crippen LogP contribution in [0.15, 0.2) is 54.7 Å². The molecule has 6 heteroatoms. The molecule has 0 aliphatic carbocycles. The molecule has 1 heterocycles. The first-order valence-corrected chi connectivity index (χ1v) is 8.85. The van der Waals surface area contributed by atoms with E-state index in [1.165, 1.54) is 0 Å². The fourth-order valence-corrected chi connectivity index (χ4v) is 3.14. The minimum Gasteiger partial charge on any atom is -0.544 e. The van der Waals surface area contributed by atoms with Crippen molar-refractivity contribution < 1.29 is 24.7 Å². The van der Waals surface area contributed by atoms with E-state index in [2.05, 4.69) is 4.98 Å². The van der Waals surface area contributed by atoms with Crippen LogP contribution >= 0.6 is 0 Å². The average molecular weight is 366 g/mol. The number of aliphatic carboxylic acids is 1. The number of hydrogen-bond donors (Lipinski definition) is 2. The zero-order valence-corrected chi connectivity index (χ0v) is 15.1. The lowest BCUT2D eigenvalue weighted by Gasteiger charge is -2.16. The molecular weight excluding hydrogens is 344 g/mol. The molecule has 27 heavy (non-hydrogen) atoms. The summed E-state index contributed by atoms with van der Waals surface area (Å²) in [5, 5.41) is 14.2. The summed E-state index contributed by atoms with van der Waals surface area (Å²) in [5.74, 6) is -0.468. The SMILES string of the molecule is COc1ccc(C(=O)CC[NH2+]C(Cc2c[nH]c3ccccc23)C(=O)[O-])cc1. The highest BCUT2D eigenvalue weighted by Gasteiger charge is 2.17. The molecule has 0 saturated carbocycles. The highest BCUT2D eigenvalue weighted by molar-refractivity contribution is 5.96. The Bertz CT molecular complexity index is 931. The third-order valence-electron chi connectivity index (χ3n) is 4.65. The number of H-pyrrole nitrogens is 1. The summed E-state index contributed by atoms with van der Waals surface area (Å²) < 4.78 is 5.08. The lowest BCUT2D eigenvalue weighted by Crippen LogP contribution is -2.93. The Kier molecular flexibility index (Phi) is 5.88. The highest BCUT2D eigenvalue weighted by Crippen LogP contribution is 2.18. The third kappa shape index (κ3) is 4.54. The number of carbonyl (C=O) groups excluding carboxylic acids is 2. The Balaban J connectivity index is 1.58. The zero-order valence-electron chi connectivity index (χ0n) is 15.1. The van der Waals surface area contributed by atoms with Gasteiger partial charge in [0.1, 0.15) is 11.8 Å². The molecule has 0 aliphatic heterocycles. The second-order valence-electron chi connectivity index (χ2n) is 6.42. The van der Waals surface area contributed by atoms with Crippen LogP contribution in [-0.2, 0) is 11.2 Å². The summed E-state index contributed by atoms with van der Waals surface area (Å²) in [4.78, 5) is 26.9. The van der Waals surface area contributed by atoms with Gasteiger partial charge >= 0.3 is 0 Å². The number of carboxylic acid groups (broad SMARTS) is 1. The second-order valence-corrected chi connectivity index (χ2v) is 6.42. The van der Waals surface area contributed by atoms with Gasteiger partial charge in [-0.3, -0.25) is 4.79 Å². The lowest BCUT2D eigenvalue weighted by atomic mass is 10.0. The number of benzene rings is 2. The van der Waals surface area contributed by atoms with Gasteiger partial charge in [0.05, 0.1) is 26.0 Å². The van der Waals surface area contributed by atoms with Crippen LogP contribution in [0.5, 0.6) is 5.75 Å². The maximum absolute atomic E-state index is 12.3. The molecule has 0 spiro atoms. The van der Waals surface area contributed by atoms with E-state index in [0.29, 0.717) is 24.3 Å². The van der Waals surface area contributed by atoms with Crippen molar-refractivity contribution in [3.63, 3.8) is 0 Å². The molecule has 2 aromatic carbocycles. The van der Waals surface area contributed by atoms with E-state index in [-0.39, 0.29) is 12.2 Å². The molecule has 0 bridgehead atoms. The Labute approximate surface area is 157 Å². The summed E-state index contributed by atoms with van der Waals surface area (Å²) in [6, 6.07) is 13.9. The van der Waals surface area contributed by atoms with Gasteiger partial charge in [0, 0.05) is 29.1 Å². The second kappa shape index (κ2) is 8.51. The van der Waals surface area contributed by atoms with E-state index in [4.69, 9.17) is 4.74 Å². The van der Waals surface area contributed by atoms with Crippen LogP contribution in [0.2, 0.25) is 0 Å². The molecule has 3 rings (SSSR count). The molecular formula is C21H22N2O4. The van der Waals surface area contributed by atoms with Gasteiger partial charge in [-0.15, -0.1) is 0 Å². The normalized spacial score (nSPS) is 12.0. The summed E-state index contributed by atoms with van der Waals surface area (Å²) in [6.45, 7) is 0.381. The van der Waals surface area contributed by atoms with Crippen molar-refractivity contribution >= 4 is 22.7 Å². The molecule has 0 fully saturated rings. The maximum Gasteiger partial charge on any atom is 0.168 e. The number of para-hydroxylation sites is 1. The number of aromatic nitrogens is 1. The van der Waals surface area contributed by atoms with E-state index in [0.717, 1.165) is 16.5 Å². The Morgan fingerprint density at radius 1 is 1.15 bits per heavy atom. The first-order chi connectivity index (χ1) is 13.1. The van der Waals surface area contributed by atoms with Gasteiger partial charge in [-0.25, -0.2) is 0 Å². The molecule has 0 saturated heterocycles. The number of aromatic amines is 1.